The molecule has 1 amide bonds. The summed E-state index contributed by atoms with van der Waals surface area (Å²) in [6.07, 6.45) is 1.50. The minimum atomic E-state index is -1.02. The second-order valence-corrected chi connectivity index (χ2v) is 6.21. The molecule has 0 saturated carbocycles. The zero-order valence-corrected chi connectivity index (χ0v) is 14.7. The highest BCUT2D eigenvalue weighted by atomic mass is 16.4. The lowest BCUT2D eigenvalue weighted by Crippen LogP contribution is -2.49. The number of benzene rings is 2. The van der Waals surface area contributed by atoms with Crippen molar-refractivity contribution in [1.82, 2.24) is 4.90 Å². The molecule has 27 heavy (non-hydrogen) atoms. The number of nitriles is 1. The molecule has 1 saturated heterocycles. The summed E-state index contributed by atoms with van der Waals surface area (Å²) in [4.78, 5) is 27.5. The molecule has 0 radical (unpaired) electrons. The predicted molar refractivity (Wildman–Crippen MR) is 102 cm³/mol. The SMILES string of the molecule is N#CC(=Cc1ccc(C(=O)O)cc1)C(=O)N1CCN(c2ccccc2)CC1. The lowest BCUT2D eigenvalue weighted by molar-refractivity contribution is -0.126. The third-order valence-corrected chi connectivity index (χ3v) is 4.51. The molecule has 6 heteroatoms. The summed E-state index contributed by atoms with van der Waals surface area (Å²) < 4.78 is 0. The topological polar surface area (TPSA) is 84.6 Å². The molecule has 1 aliphatic rings. The Morgan fingerprint density at radius 1 is 0.963 bits per heavy atom. The van der Waals surface area contributed by atoms with E-state index in [0.29, 0.717) is 31.7 Å². The van der Waals surface area contributed by atoms with Gasteiger partial charge in [0.1, 0.15) is 11.6 Å². The Morgan fingerprint density at radius 2 is 1.59 bits per heavy atom. The summed E-state index contributed by atoms with van der Waals surface area (Å²) in [5.41, 5.74) is 1.95. The van der Waals surface area contributed by atoms with Crippen LogP contribution in [-0.2, 0) is 4.79 Å². The van der Waals surface area contributed by atoms with Crippen LogP contribution in [0.15, 0.2) is 60.2 Å². The largest absolute Gasteiger partial charge is 0.478 e. The molecule has 2 aromatic carbocycles. The van der Waals surface area contributed by atoms with Crippen LogP contribution in [0.4, 0.5) is 5.69 Å². The fourth-order valence-electron chi connectivity index (χ4n) is 3.01. The summed E-state index contributed by atoms with van der Waals surface area (Å²) >= 11 is 0. The van der Waals surface area contributed by atoms with Crippen molar-refractivity contribution in [1.29, 1.82) is 5.26 Å². The minimum Gasteiger partial charge on any atom is -0.478 e. The van der Waals surface area contributed by atoms with Gasteiger partial charge in [0.15, 0.2) is 0 Å². The molecule has 0 aliphatic carbocycles. The smallest absolute Gasteiger partial charge is 0.335 e. The van der Waals surface area contributed by atoms with Gasteiger partial charge < -0.3 is 14.9 Å². The number of piperazine rings is 1. The number of amides is 1. The summed E-state index contributed by atoms with van der Waals surface area (Å²) in [7, 11) is 0. The van der Waals surface area contributed by atoms with Crippen molar-refractivity contribution in [3.8, 4) is 6.07 Å². The first-order chi connectivity index (χ1) is 13.1. The minimum absolute atomic E-state index is 0.0474. The zero-order chi connectivity index (χ0) is 19.2. The van der Waals surface area contributed by atoms with Crippen LogP contribution < -0.4 is 4.90 Å². The molecular formula is C21H19N3O3. The highest BCUT2D eigenvalue weighted by Crippen LogP contribution is 2.17. The summed E-state index contributed by atoms with van der Waals surface area (Å²) in [6.45, 7) is 2.51. The summed E-state index contributed by atoms with van der Waals surface area (Å²) in [6, 6.07) is 18.1. The third kappa shape index (κ3) is 4.33. The Kier molecular flexibility index (Phi) is 5.53. The van der Waals surface area contributed by atoms with Gasteiger partial charge in [0.2, 0.25) is 0 Å². The molecule has 1 heterocycles. The van der Waals surface area contributed by atoms with Gasteiger partial charge in [-0.3, -0.25) is 4.79 Å². The average molecular weight is 361 g/mol. The van der Waals surface area contributed by atoms with E-state index >= 15 is 0 Å². The molecule has 1 N–H and O–H groups in total. The van der Waals surface area contributed by atoms with Gasteiger partial charge >= 0.3 is 5.97 Å². The number of anilines is 1. The lowest BCUT2D eigenvalue weighted by Gasteiger charge is -2.36. The quantitative estimate of drug-likeness (QED) is 0.668. The number of carboxylic acid groups (broad SMARTS) is 1. The van der Waals surface area contributed by atoms with Gasteiger partial charge in [-0.1, -0.05) is 30.3 Å². The molecule has 0 spiro atoms. The fraction of sp³-hybridized carbons (Fsp3) is 0.190. The number of carbonyl (C=O) groups excluding carboxylic acids is 1. The van der Waals surface area contributed by atoms with Crippen molar-refractivity contribution in [2.45, 2.75) is 0 Å². The van der Waals surface area contributed by atoms with Crippen molar-refractivity contribution in [2.24, 2.45) is 0 Å². The van der Waals surface area contributed by atoms with Gasteiger partial charge in [-0.25, -0.2) is 4.79 Å². The van der Waals surface area contributed by atoms with Crippen LogP contribution in [0.1, 0.15) is 15.9 Å². The van der Waals surface area contributed by atoms with E-state index in [1.54, 1.807) is 17.0 Å². The van der Waals surface area contributed by atoms with Crippen LogP contribution in [0.25, 0.3) is 6.08 Å². The van der Waals surface area contributed by atoms with Crippen LogP contribution in [0.5, 0.6) is 0 Å². The van der Waals surface area contributed by atoms with Crippen LogP contribution in [0.2, 0.25) is 0 Å². The van der Waals surface area contributed by atoms with Crippen molar-refractivity contribution in [3.05, 3.63) is 71.3 Å². The van der Waals surface area contributed by atoms with E-state index in [1.165, 1.54) is 18.2 Å². The third-order valence-electron chi connectivity index (χ3n) is 4.51. The number of rotatable bonds is 4. The molecule has 0 aromatic heterocycles. The Labute approximate surface area is 157 Å². The lowest BCUT2D eigenvalue weighted by atomic mass is 10.1. The second-order valence-electron chi connectivity index (χ2n) is 6.21. The number of nitrogens with zero attached hydrogens (tertiary/aromatic N) is 3. The van der Waals surface area contributed by atoms with Gasteiger partial charge in [-0.15, -0.1) is 0 Å². The molecule has 3 rings (SSSR count). The molecule has 0 unspecified atom stereocenters. The number of hydrogen-bond acceptors (Lipinski definition) is 4. The number of carboxylic acids is 1. The predicted octanol–water partition coefficient (Wildman–Crippen LogP) is 2.64. The van der Waals surface area contributed by atoms with Crippen LogP contribution in [0, 0.1) is 11.3 Å². The number of hydrogen-bond donors (Lipinski definition) is 1. The highest BCUT2D eigenvalue weighted by molar-refractivity contribution is 6.02. The molecular weight excluding hydrogens is 342 g/mol. The maximum atomic E-state index is 12.7. The maximum absolute atomic E-state index is 12.7. The Balaban J connectivity index is 1.67. The first-order valence-electron chi connectivity index (χ1n) is 8.63. The molecule has 6 nitrogen and oxygen atoms in total. The van der Waals surface area contributed by atoms with E-state index in [0.717, 1.165) is 5.69 Å². The molecule has 0 bridgehead atoms. The van der Waals surface area contributed by atoms with Crippen molar-refractivity contribution in [3.63, 3.8) is 0 Å². The number of carbonyl (C=O) groups is 2. The van der Waals surface area contributed by atoms with Gasteiger partial charge in [0, 0.05) is 31.9 Å². The first kappa shape index (κ1) is 18.2. The van der Waals surface area contributed by atoms with Crippen molar-refractivity contribution >= 4 is 23.6 Å². The van der Waals surface area contributed by atoms with Gasteiger partial charge in [-0.05, 0) is 35.9 Å². The second kappa shape index (κ2) is 8.19. The summed E-state index contributed by atoms with van der Waals surface area (Å²) in [5, 5.41) is 18.3. The normalized spacial score (nSPS) is 14.6. The number of aromatic carboxylic acids is 1. The Bertz CT molecular complexity index is 891. The Hall–Kier alpha value is -3.59. The van der Waals surface area contributed by atoms with Crippen LogP contribution in [0.3, 0.4) is 0 Å². The molecule has 1 fully saturated rings. The monoisotopic (exact) mass is 361 g/mol. The van der Waals surface area contributed by atoms with Gasteiger partial charge in [-0.2, -0.15) is 5.26 Å². The number of para-hydroxylation sites is 1. The molecule has 1 aliphatic heterocycles. The first-order valence-corrected chi connectivity index (χ1v) is 8.63. The Morgan fingerprint density at radius 3 is 2.15 bits per heavy atom. The molecule has 2 aromatic rings. The van der Waals surface area contributed by atoms with E-state index in [1.807, 2.05) is 36.4 Å². The average Bonchev–Trinajstić information content (AvgIpc) is 2.72. The fourth-order valence-corrected chi connectivity index (χ4v) is 3.01. The van der Waals surface area contributed by atoms with Crippen molar-refractivity contribution in [2.75, 3.05) is 31.1 Å². The van der Waals surface area contributed by atoms with Gasteiger partial charge in [0.05, 0.1) is 5.56 Å². The van der Waals surface area contributed by atoms with Crippen LogP contribution >= 0.6 is 0 Å². The van der Waals surface area contributed by atoms with E-state index in [4.69, 9.17) is 5.11 Å². The molecule has 0 atom stereocenters. The standard InChI is InChI=1S/C21H19N3O3/c22-15-18(14-16-6-8-17(9-7-16)21(26)27)20(25)24-12-10-23(11-13-24)19-4-2-1-3-5-19/h1-9,14H,10-13H2,(H,26,27). The van der Waals surface area contributed by atoms with Crippen LogP contribution in [-0.4, -0.2) is 48.1 Å². The van der Waals surface area contributed by atoms with Gasteiger partial charge in [0.25, 0.3) is 5.91 Å². The van der Waals surface area contributed by atoms with E-state index in [-0.39, 0.29) is 17.0 Å². The molecule has 136 valence electrons. The van der Waals surface area contributed by atoms with E-state index in [9.17, 15) is 14.9 Å². The summed E-state index contributed by atoms with van der Waals surface area (Å²) in [5.74, 6) is -1.31. The maximum Gasteiger partial charge on any atom is 0.335 e. The highest BCUT2D eigenvalue weighted by Gasteiger charge is 2.23. The van der Waals surface area contributed by atoms with E-state index < -0.39 is 5.97 Å². The zero-order valence-electron chi connectivity index (χ0n) is 14.7. The van der Waals surface area contributed by atoms with E-state index in [2.05, 4.69) is 4.90 Å². The van der Waals surface area contributed by atoms with Crippen molar-refractivity contribution < 1.29 is 14.7 Å².